The molecule has 4 rings (SSSR count). The molecule has 0 aliphatic heterocycles. The quantitative estimate of drug-likeness (QED) is 0.407. The van der Waals surface area contributed by atoms with E-state index in [1.54, 1.807) is 50.7 Å². The van der Waals surface area contributed by atoms with Gasteiger partial charge in [-0.15, -0.1) is 0 Å². The summed E-state index contributed by atoms with van der Waals surface area (Å²) in [5.41, 5.74) is 1.99. The van der Waals surface area contributed by atoms with Crippen molar-refractivity contribution in [3.05, 3.63) is 95.8 Å². The fourth-order valence-electron chi connectivity index (χ4n) is 3.26. The van der Waals surface area contributed by atoms with Gasteiger partial charge >= 0.3 is 0 Å². The van der Waals surface area contributed by atoms with Gasteiger partial charge in [0.1, 0.15) is 18.1 Å². The monoisotopic (exact) mass is 399 g/mol. The van der Waals surface area contributed by atoms with Crippen LogP contribution in [0.1, 0.15) is 21.6 Å². The van der Waals surface area contributed by atoms with Gasteiger partial charge in [-0.2, -0.15) is 0 Å². The minimum absolute atomic E-state index is 0.164. The zero-order valence-electron chi connectivity index (χ0n) is 16.8. The fraction of sp³-hybridized carbons (Fsp3) is 0.120. The van der Waals surface area contributed by atoms with E-state index in [4.69, 9.17) is 14.2 Å². The van der Waals surface area contributed by atoms with Crippen LogP contribution in [0.5, 0.6) is 17.2 Å². The molecule has 0 radical (unpaired) electrons. The van der Waals surface area contributed by atoms with E-state index in [1.165, 1.54) is 0 Å². The Balaban J connectivity index is 1.59. The Morgan fingerprint density at radius 2 is 1.57 bits per heavy atom. The smallest absolute Gasteiger partial charge is 0.211 e. The molecule has 3 aromatic carbocycles. The number of ether oxygens (including phenoxy) is 3. The zero-order valence-corrected chi connectivity index (χ0v) is 16.8. The summed E-state index contributed by atoms with van der Waals surface area (Å²) >= 11 is 0. The third-order valence-electron chi connectivity index (χ3n) is 4.85. The summed E-state index contributed by atoms with van der Waals surface area (Å²) in [5, 5.41) is 1.57. The van der Waals surface area contributed by atoms with Gasteiger partial charge in [-0.3, -0.25) is 9.78 Å². The highest BCUT2D eigenvalue weighted by atomic mass is 16.5. The summed E-state index contributed by atoms with van der Waals surface area (Å²) in [7, 11) is 3.15. The molecule has 0 atom stereocenters. The third-order valence-corrected chi connectivity index (χ3v) is 4.85. The average molecular weight is 399 g/mol. The van der Waals surface area contributed by atoms with Crippen LogP contribution in [-0.2, 0) is 6.61 Å². The van der Waals surface area contributed by atoms with E-state index in [2.05, 4.69) is 4.98 Å². The topological polar surface area (TPSA) is 57.7 Å². The highest BCUT2D eigenvalue weighted by Crippen LogP contribution is 2.33. The molecule has 30 heavy (non-hydrogen) atoms. The lowest BCUT2D eigenvalue weighted by atomic mass is 10.0. The highest BCUT2D eigenvalue weighted by molar-refractivity contribution is 6.15. The summed E-state index contributed by atoms with van der Waals surface area (Å²) in [4.78, 5) is 17.5. The maximum Gasteiger partial charge on any atom is 0.211 e. The molecule has 4 aromatic rings. The Morgan fingerprint density at radius 1 is 0.867 bits per heavy atom. The number of pyridine rings is 1. The number of hydrogen-bond donors (Lipinski definition) is 0. The Kier molecular flexibility index (Phi) is 5.61. The lowest BCUT2D eigenvalue weighted by Gasteiger charge is -2.11. The first kappa shape index (κ1) is 19.5. The van der Waals surface area contributed by atoms with Crippen molar-refractivity contribution in [1.82, 2.24) is 4.98 Å². The van der Waals surface area contributed by atoms with Crippen molar-refractivity contribution in [2.24, 2.45) is 0 Å². The van der Waals surface area contributed by atoms with Gasteiger partial charge in [-0.25, -0.2) is 0 Å². The average Bonchev–Trinajstić information content (AvgIpc) is 2.82. The second kappa shape index (κ2) is 8.66. The largest absolute Gasteiger partial charge is 0.493 e. The van der Waals surface area contributed by atoms with Gasteiger partial charge in [0.25, 0.3) is 0 Å². The zero-order chi connectivity index (χ0) is 20.9. The number of fused-ring (bicyclic) bond motifs is 1. The number of methoxy groups -OCH3 is 2. The van der Waals surface area contributed by atoms with Crippen LogP contribution in [0.15, 0.2) is 79.0 Å². The van der Waals surface area contributed by atoms with Crippen molar-refractivity contribution in [2.75, 3.05) is 14.2 Å². The molecular formula is C25H21NO4. The molecule has 0 aliphatic carbocycles. The Hall–Kier alpha value is -3.86. The number of ketones is 1. The number of nitrogens with zero attached hydrogens (tertiary/aromatic N) is 1. The van der Waals surface area contributed by atoms with Crippen molar-refractivity contribution in [1.29, 1.82) is 0 Å². The first-order valence-corrected chi connectivity index (χ1v) is 9.52. The molecule has 0 unspecified atom stereocenters. The predicted octanol–water partition coefficient (Wildman–Crippen LogP) is 5.06. The fourth-order valence-corrected chi connectivity index (χ4v) is 3.26. The molecule has 5 nitrogen and oxygen atoms in total. The van der Waals surface area contributed by atoms with Crippen molar-refractivity contribution in [2.45, 2.75) is 6.61 Å². The Labute approximate surface area is 174 Å². The number of carbonyl (C=O) groups is 1. The van der Waals surface area contributed by atoms with Crippen molar-refractivity contribution < 1.29 is 19.0 Å². The maximum absolute atomic E-state index is 13.1. The van der Waals surface area contributed by atoms with Gasteiger partial charge in [0.05, 0.1) is 14.2 Å². The molecular weight excluding hydrogens is 378 g/mol. The van der Waals surface area contributed by atoms with E-state index in [0.717, 1.165) is 10.9 Å². The normalized spacial score (nSPS) is 10.6. The lowest BCUT2D eigenvalue weighted by Crippen LogP contribution is -2.05. The molecule has 0 aliphatic rings. The van der Waals surface area contributed by atoms with Gasteiger partial charge in [-0.1, -0.05) is 30.3 Å². The molecule has 1 heterocycles. The summed E-state index contributed by atoms with van der Waals surface area (Å²) in [6, 6.07) is 22.5. The highest BCUT2D eigenvalue weighted by Gasteiger charge is 2.17. The van der Waals surface area contributed by atoms with E-state index in [0.29, 0.717) is 40.5 Å². The minimum atomic E-state index is -0.164. The minimum Gasteiger partial charge on any atom is -0.493 e. The number of hydrogen-bond acceptors (Lipinski definition) is 5. The Morgan fingerprint density at radius 3 is 2.27 bits per heavy atom. The van der Waals surface area contributed by atoms with Crippen LogP contribution in [-0.4, -0.2) is 25.0 Å². The molecule has 0 N–H and O–H groups in total. The van der Waals surface area contributed by atoms with Gasteiger partial charge in [0.15, 0.2) is 11.5 Å². The number of rotatable bonds is 7. The molecule has 0 fully saturated rings. The van der Waals surface area contributed by atoms with Crippen LogP contribution in [0.4, 0.5) is 0 Å². The summed E-state index contributed by atoms with van der Waals surface area (Å²) in [6.45, 7) is 0.473. The number of carbonyl (C=O) groups excluding carboxylic acids is 1. The second-order valence-electron chi connectivity index (χ2n) is 6.72. The first-order chi connectivity index (χ1) is 14.7. The van der Waals surface area contributed by atoms with Gasteiger partial charge in [0.2, 0.25) is 5.78 Å². The van der Waals surface area contributed by atoms with E-state index >= 15 is 0 Å². The van der Waals surface area contributed by atoms with Gasteiger partial charge in [-0.05, 0) is 53.4 Å². The van der Waals surface area contributed by atoms with Crippen LogP contribution in [0, 0.1) is 0 Å². The molecule has 0 spiro atoms. The SMILES string of the molecule is COc1cc2ccnc(C(=O)c3ccc(OCc4ccccc4)cc3)c2cc1OC. The van der Waals surface area contributed by atoms with Crippen LogP contribution < -0.4 is 14.2 Å². The van der Waals surface area contributed by atoms with Crippen molar-refractivity contribution >= 4 is 16.6 Å². The summed E-state index contributed by atoms with van der Waals surface area (Å²) < 4.78 is 16.5. The van der Waals surface area contributed by atoms with E-state index in [-0.39, 0.29) is 5.78 Å². The van der Waals surface area contributed by atoms with Crippen molar-refractivity contribution in [3.8, 4) is 17.2 Å². The molecule has 0 saturated heterocycles. The van der Waals surface area contributed by atoms with E-state index in [1.807, 2.05) is 42.5 Å². The van der Waals surface area contributed by atoms with Crippen molar-refractivity contribution in [3.63, 3.8) is 0 Å². The predicted molar refractivity (Wildman–Crippen MR) is 115 cm³/mol. The van der Waals surface area contributed by atoms with Crippen LogP contribution >= 0.6 is 0 Å². The van der Waals surface area contributed by atoms with E-state index in [9.17, 15) is 4.79 Å². The molecule has 1 aromatic heterocycles. The van der Waals surface area contributed by atoms with Crippen LogP contribution in [0.2, 0.25) is 0 Å². The molecule has 0 amide bonds. The summed E-state index contributed by atoms with van der Waals surface area (Å²) in [5.74, 6) is 1.70. The van der Waals surface area contributed by atoms with Crippen LogP contribution in [0.3, 0.4) is 0 Å². The summed E-state index contributed by atoms with van der Waals surface area (Å²) in [6.07, 6.45) is 1.62. The Bertz CT molecular complexity index is 1170. The van der Waals surface area contributed by atoms with Gasteiger partial charge < -0.3 is 14.2 Å². The lowest BCUT2D eigenvalue weighted by molar-refractivity contribution is 0.103. The molecule has 0 bridgehead atoms. The first-order valence-electron chi connectivity index (χ1n) is 9.52. The van der Waals surface area contributed by atoms with Gasteiger partial charge in [0, 0.05) is 17.1 Å². The molecule has 5 heteroatoms. The van der Waals surface area contributed by atoms with E-state index < -0.39 is 0 Å². The number of benzene rings is 3. The standard InChI is InChI=1S/C25H21NO4/c1-28-22-14-19-12-13-26-24(21(19)15-23(22)29-2)25(27)18-8-10-20(11-9-18)30-16-17-6-4-3-5-7-17/h3-15H,16H2,1-2H3. The molecule has 150 valence electrons. The maximum atomic E-state index is 13.1. The molecule has 0 saturated carbocycles. The third kappa shape index (κ3) is 3.96. The second-order valence-corrected chi connectivity index (χ2v) is 6.72. The van der Waals surface area contributed by atoms with Crippen LogP contribution in [0.25, 0.3) is 10.8 Å². The number of aromatic nitrogens is 1.